The van der Waals surface area contributed by atoms with Gasteiger partial charge in [-0.15, -0.1) is 0 Å². The third kappa shape index (κ3) is 2.73. The molecule has 1 aliphatic heterocycles. The summed E-state index contributed by atoms with van der Waals surface area (Å²) in [6, 6.07) is 4.38. The molecule has 1 aromatic rings. The van der Waals surface area contributed by atoms with Gasteiger partial charge in [0.05, 0.1) is 11.6 Å². The Balaban J connectivity index is 1.88. The Labute approximate surface area is 127 Å². The van der Waals surface area contributed by atoms with E-state index in [0.717, 1.165) is 32.2 Å². The fraction of sp³-hybridized carbons (Fsp3) is 0.706. The van der Waals surface area contributed by atoms with Crippen molar-refractivity contribution in [2.75, 3.05) is 6.54 Å². The molecule has 2 atom stereocenters. The van der Waals surface area contributed by atoms with Gasteiger partial charge < -0.3 is 15.2 Å². The molecule has 4 heteroatoms. The predicted molar refractivity (Wildman–Crippen MR) is 83.7 cm³/mol. The van der Waals surface area contributed by atoms with Crippen LogP contribution >= 0.6 is 0 Å². The number of carbonyl (C=O) groups excluding carboxylic acids is 1. The fourth-order valence-electron chi connectivity index (χ4n) is 3.65. The Morgan fingerprint density at radius 2 is 2.05 bits per heavy atom. The van der Waals surface area contributed by atoms with E-state index in [1.807, 2.05) is 6.92 Å². The van der Waals surface area contributed by atoms with Gasteiger partial charge in [0.15, 0.2) is 0 Å². The molecule has 0 aromatic carbocycles. The summed E-state index contributed by atoms with van der Waals surface area (Å²) < 4.78 is 2.14. The summed E-state index contributed by atoms with van der Waals surface area (Å²) in [5.74, 6) is 0.528. The van der Waals surface area contributed by atoms with E-state index in [4.69, 9.17) is 5.73 Å². The Hall–Kier alpha value is -1.29. The van der Waals surface area contributed by atoms with Gasteiger partial charge in [0.25, 0.3) is 0 Å². The molecule has 21 heavy (non-hydrogen) atoms. The monoisotopic (exact) mass is 289 g/mol. The minimum absolute atomic E-state index is 0.151. The summed E-state index contributed by atoms with van der Waals surface area (Å²) in [5.41, 5.74) is 6.95. The van der Waals surface area contributed by atoms with Crippen LogP contribution < -0.4 is 5.73 Å². The zero-order valence-electron chi connectivity index (χ0n) is 13.2. The van der Waals surface area contributed by atoms with E-state index in [-0.39, 0.29) is 11.9 Å². The second-order valence-corrected chi connectivity index (χ2v) is 6.96. The smallest absolute Gasteiger partial charge is 0.243 e. The van der Waals surface area contributed by atoms with E-state index in [1.165, 1.54) is 18.5 Å². The highest BCUT2D eigenvalue weighted by atomic mass is 16.2. The molecule has 2 heterocycles. The quantitative estimate of drug-likeness (QED) is 0.930. The molecular formula is C17H27N3O. The number of likely N-dealkylation sites (tertiary alicyclic amines) is 1. The normalized spacial score (nSPS) is 26.2. The maximum atomic E-state index is 13.1. The zero-order chi connectivity index (χ0) is 15.0. The highest BCUT2D eigenvalue weighted by molar-refractivity contribution is 5.87. The molecule has 116 valence electrons. The average molecular weight is 289 g/mol. The third-order valence-electron chi connectivity index (χ3n) is 5.23. The second kappa shape index (κ2) is 5.48. The molecule has 1 saturated heterocycles. The first kappa shape index (κ1) is 14.6. The largest absolute Gasteiger partial charge is 0.353 e. The van der Waals surface area contributed by atoms with Crippen LogP contribution in [0.15, 0.2) is 18.3 Å². The number of hydrogen-bond acceptors (Lipinski definition) is 2. The Morgan fingerprint density at radius 1 is 1.29 bits per heavy atom. The average Bonchev–Trinajstić information content (AvgIpc) is 3.25. The Kier molecular flexibility index (Phi) is 3.82. The standard InChI is InChI=1S/C17H27N3O/c1-17(18,13-9-10-13)16(21)20-12-5-3-4-7-15(20)14-8-6-11-19(14)2/h6,8,11,13,15H,3-5,7,9-10,12,18H2,1-2H3. The van der Waals surface area contributed by atoms with Gasteiger partial charge in [0.1, 0.15) is 0 Å². The molecule has 2 unspecified atom stereocenters. The second-order valence-electron chi connectivity index (χ2n) is 6.96. The van der Waals surface area contributed by atoms with E-state index in [1.54, 1.807) is 0 Å². The van der Waals surface area contributed by atoms with E-state index < -0.39 is 5.54 Å². The van der Waals surface area contributed by atoms with Crippen LogP contribution in [0, 0.1) is 5.92 Å². The maximum absolute atomic E-state index is 13.1. The van der Waals surface area contributed by atoms with Crippen LogP contribution in [-0.2, 0) is 11.8 Å². The van der Waals surface area contributed by atoms with Crippen LogP contribution in [0.4, 0.5) is 0 Å². The van der Waals surface area contributed by atoms with E-state index in [9.17, 15) is 4.79 Å². The van der Waals surface area contributed by atoms with Crippen molar-refractivity contribution < 1.29 is 4.79 Å². The molecule has 3 rings (SSSR count). The lowest BCUT2D eigenvalue weighted by atomic mass is 9.93. The first-order valence-electron chi connectivity index (χ1n) is 8.23. The first-order valence-corrected chi connectivity index (χ1v) is 8.23. The highest BCUT2D eigenvalue weighted by Gasteiger charge is 2.47. The van der Waals surface area contributed by atoms with Crippen molar-refractivity contribution in [1.29, 1.82) is 0 Å². The number of nitrogens with zero attached hydrogens (tertiary/aromatic N) is 2. The fourth-order valence-corrected chi connectivity index (χ4v) is 3.65. The summed E-state index contributed by atoms with van der Waals surface area (Å²) in [4.78, 5) is 15.1. The summed E-state index contributed by atoms with van der Waals surface area (Å²) in [7, 11) is 2.06. The molecule has 4 nitrogen and oxygen atoms in total. The van der Waals surface area contributed by atoms with Gasteiger partial charge >= 0.3 is 0 Å². The number of nitrogens with two attached hydrogens (primary N) is 1. The SMILES string of the molecule is Cn1cccc1C1CCCCCN1C(=O)C(C)(N)C1CC1. The number of amides is 1. The molecule has 2 aliphatic rings. The predicted octanol–water partition coefficient (Wildman–Crippen LogP) is 2.60. The number of carbonyl (C=O) groups is 1. The molecule has 0 radical (unpaired) electrons. The van der Waals surface area contributed by atoms with E-state index in [2.05, 4.69) is 34.8 Å². The molecule has 0 bridgehead atoms. The number of rotatable bonds is 3. The molecule has 1 amide bonds. The molecule has 1 aromatic heterocycles. The van der Waals surface area contributed by atoms with Crippen LogP contribution in [0.3, 0.4) is 0 Å². The molecule has 0 spiro atoms. The molecular weight excluding hydrogens is 262 g/mol. The van der Waals surface area contributed by atoms with Crippen molar-refractivity contribution >= 4 is 5.91 Å². The van der Waals surface area contributed by atoms with Gasteiger partial charge in [0.2, 0.25) is 5.91 Å². The summed E-state index contributed by atoms with van der Waals surface area (Å²) in [6.07, 6.45) is 8.78. The van der Waals surface area contributed by atoms with Gasteiger partial charge in [-0.05, 0) is 50.7 Å². The van der Waals surface area contributed by atoms with Crippen molar-refractivity contribution in [3.8, 4) is 0 Å². The van der Waals surface area contributed by atoms with Crippen molar-refractivity contribution in [3.05, 3.63) is 24.0 Å². The number of aromatic nitrogens is 1. The topological polar surface area (TPSA) is 51.3 Å². The van der Waals surface area contributed by atoms with E-state index >= 15 is 0 Å². The van der Waals surface area contributed by atoms with E-state index in [0.29, 0.717) is 5.92 Å². The Morgan fingerprint density at radius 3 is 2.67 bits per heavy atom. The Bertz CT molecular complexity index is 516. The van der Waals surface area contributed by atoms with Crippen molar-refractivity contribution in [3.63, 3.8) is 0 Å². The lowest BCUT2D eigenvalue weighted by molar-refractivity contribution is -0.139. The molecule has 2 N–H and O–H groups in total. The van der Waals surface area contributed by atoms with Crippen LogP contribution in [0.5, 0.6) is 0 Å². The molecule has 2 fully saturated rings. The van der Waals surface area contributed by atoms with Crippen LogP contribution in [0.25, 0.3) is 0 Å². The zero-order valence-corrected chi connectivity index (χ0v) is 13.2. The summed E-state index contributed by atoms with van der Waals surface area (Å²) >= 11 is 0. The van der Waals surface area contributed by atoms with Gasteiger partial charge in [0, 0.05) is 25.5 Å². The van der Waals surface area contributed by atoms with Crippen LogP contribution in [0.2, 0.25) is 0 Å². The van der Waals surface area contributed by atoms with Crippen molar-refractivity contribution in [2.45, 2.75) is 57.0 Å². The lowest BCUT2D eigenvalue weighted by Crippen LogP contribution is -2.55. The van der Waals surface area contributed by atoms with Crippen LogP contribution in [0.1, 0.15) is 57.2 Å². The third-order valence-corrected chi connectivity index (χ3v) is 5.23. The van der Waals surface area contributed by atoms with Crippen molar-refractivity contribution in [1.82, 2.24) is 9.47 Å². The maximum Gasteiger partial charge on any atom is 0.243 e. The minimum atomic E-state index is -0.687. The molecule has 1 saturated carbocycles. The number of aryl methyl sites for hydroxylation is 1. The first-order chi connectivity index (χ1) is 10.0. The summed E-state index contributed by atoms with van der Waals surface area (Å²) in [6.45, 7) is 2.77. The number of hydrogen-bond donors (Lipinski definition) is 1. The van der Waals surface area contributed by atoms with Crippen LogP contribution in [-0.4, -0.2) is 27.5 Å². The van der Waals surface area contributed by atoms with Gasteiger partial charge in [-0.3, -0.25) is 4.79 Å². The van der Waals surface area contributed by atoms with Gasteiger partial charge in [-0.2, -0.15) is 0 Å². The highest BCUT2D eigenvalue weighted by Crippen LogP contribution is 2.41. The van der Waals surface area contributed by atoms with Crippen molar-refractivity contribution in [2.24, 2.45) is 18.7 Å². The molecule has 1 aliphatic carbocycles. The lowest BCUT2D eigenvalue weighted by Gasteiger charge is -2.36. The van der Waals surface area contributed by atoms with Gasteiger partial charge in [-0.25, -0.2) is 0 Å². The summed E-state index contributed by atoms with van der Waals surface area (Å²) in [5, 5.41) is 0. The van der Waals surface area contributed by atoms with Gasteiger partial charge in [-0.1, -0.05) is 12.8 Å². The minimum Gasteiger partial charge on any atom is -0.353 e.